The fraction of sp³-hybridized carbons (Fsp3) is 0.533. The van der Waals surface area contributed by atoms with Gasteiger partial charge < -0.3 is 10.2 Å². The summed E-state index contributed by atoms with van der Waals surface area (Å²) in [5.41, 5.74) is -0.214. The molecule has 2 rings (SSSR count). The normalized spacial score (nSPS) is 15.5. The minimum Gasteiger partial charge on any atom is -0.352 e. The maximum absolute atomic E-state index is 12.1. The molecule has 1 N–H and O–H groups in total. The monoisotopic (exact) mass is 325 g/mol. The molecule has 0 atom stereocenters. The van der Waals surface area contributed by atoms with E-state index >= 15 is 0 Å². The molecule has 0 radical (unpaired) electrons. The molecule has 1 aromatic carbocycles. The number of hydrogen-bond donors (Lipinski definition) is 1. The van der Waals surface area contributed by atoms with Crippen LogP contribution in [-0.2, 0) is 0 Å². The molecular weight excluding hydrogens is 306 g/mol. The summed E-state index contributed by atoms with van der Waals surface area (Å²) in [6.45, 7) is 3.68. The number of rotatable bonds is 6. The second kappa shape index (κ2) is 8.10. The van der Waals surface area contributed by atoms with E-state index in [9.17, 15) is 14.9 Å². The summed E-state index contributed by atoms with van der Waals surface area (Å²) in [4.78, 5) is 24.9. The van der Waals surface area contributed by atoms with Gasteiger partial charge in [-0.25, -0.2) is 0 Å². The summed E-state index contributed by atoms with van der Waals surface area (Å²) in [5, 5.41) is 14.0. The Hall–Kier alpha value is -1.66. The Morgan fingerprint density at radius 2 is 2.05 bits per heavy atom. The number of carbonyl (C=O) groups excluding carboxylic acids is 1. The van der Waals surface area contributed by atoms with Gasteiger partial charge in [0, 0.05) is 17.6 Å². The van der Waals surface area contributed by atoms with Crippen LogP contribution in [0.2, 0.25) is 5.02 Å². The van der Waals surface area contributed by atoms with Gasteiger partial charge in [0.1, 0.15) is 5.56 Å². The van der Waals surface area contributed by atoms with Gasteiger partial charge >= 0.3 is 0 Å². The lowest BCUT2D eigenvalue weighted by Gasteiger charge is -2.26. The zero-order valence-electron chi connectivity index (χ0n) is 12.4. The lowest BCUT2D eigenvalue weighted by atomic mass is 10.1. The molecule has 1 saturated heterocycles. The van der Waals surface area contributed by atoms with Crippen molar-refractivity contribution in [2.75, 3.05) is 26.2 Å². The third-order valence-electron chi connectivity index (χ3n) is 3.79. The Morgan fingerprint density at radius 1 is 1.32 bits per heavy atom. The first kappa shape index (κ1) is 16.7. The molecule has 0 aromatic heterocycles. The molecule has 0 bridgehead atoms. The number of nitro benzene ring substituents is 1. The maximum Gasteiger partial charge on any atom is 0.282 e. The largest absolute Gasteiger partial charge is 0.352 e. The smallest absolute Gasteiger partial charge is 0.282 e. The third-order valence-corrected chi connectivity index (χ3v) is 4.02. The lowest BCUT2D eigenvalue weighted by molar-refractivity contribution is -0.385. The SMILES string of the molecule is O=C(NCCCN1CCCCC1)c1cc(Cl)ccc1[N+](=O)[O-]. The second-order valence-electron chi connectivity index (χ2n) is 5.43. The van der Waals surface area contributed by atoms with E-state index in [0.29, 0.717) is 11.6 Å². The molecule has 120 valence electrons. The fourth-order valence-electron chi connectivity index (χ4n) is 2.63. The highest BCUT2D eigenvalue weighted by molar-refractivity contribution is 6.31. The van der Waals surface area contributed by atoms with Crippen LogP contribution >= 0.6 is 11.6 Å². The van der Waals surface area contributed by atoms with Crippen LogP contribution in [0.3, 0.4) is 0 Å². The van der Waals surface area contributed by atoms with Crippen molar-refractivity contribution in [2.24, 2.45) is 0 Å². The van der Waals surface area contributed by atoms with Gasteiger partial charge in [-0.15, -0.1) is 0 Å². The summed E-state index contributed by atoms with van der Waals surface area (Å²) < 4.78 is 0. The van der Waals surface area contributed by atoms with Crippen molar-refractivity contribution in [1.29, 1.82) is 0 Å². The van der Waals surface area contributed by atoms with Crippen LogP contribution in [0.4, 0.5) is 5.69 Å². The maximum atomic E-state index is 12.1. The van der Waals surface area contributed by atoms with Gasteiger partial charge in [-0.1, -0.05) is 18.0 Å². The Labute approximate surface area is 134 Å². The minimum absolute atomic E-state index is 0.00970. The topological polar surface area (TPSA) is 75.5 Å². The summed E-state index contributed by atoms with van der Waals surface area (Å²) in [6, 6.07) is 4.00. The molecule has 1 fully saturated rings. The van der Waals surface area contributed by atoms with E-state index in [1.165, 1.54) is 37.5 Å². The van der Waals surface area contributed by atoms with E-state index in [4.69, 9.17) is 11.6 Å². The van der Waals surface area contributed by atoms with Crippen molar-refractivity contribution < 1.29 is 9.72 Å². The molecule has 7 heteroatoms. The highest BCUT2D eigenvalue weighted by Crippen LogP contribution is 2.22. The zero-order valence-corrected chi connectivity index (χ0v) is 13.1. The van der Waals surface area contributed by atoms with Crippen LogP contribution < -0.4 is 5.32 Å². The summed E-state index contributed by atoms with van der Waals surface area (Å²) in [5.74, 6) is -0.451. The van der Waals surface area contributed by atoms with Crippen molar-refractivity contribution in [2.45, 2.75) is 25.7 Å². The third kappa shape index (κ3) is 4.68. The Morgan fingerprint density at radius 3 is 2.73 bits per heavy atom. The average Bonchev–Trinajstić information content (AvgIpc) is 2.52. The van der Waals surface area contributed by atoms with Gasteiger partial charge in [-0.05, 0) is 51.0 Å². The van der Waals surface area contributed by atoms with Crippen LogP contribution in [0.15, 0.2) is 18.2 Å². The van der Waals surface area contributed by atoms with Gasteiger partial charge in [0.15, 0.2) is 0 Å². The van der Waals surface area contributed by atoms with Gasteiger partial charge in [-0.2, -0.15) is 0 Å². The Kier molecular flexibility index (Phi) is 6.15. The number of hydrogen-bond acceptors (Lipinski definition) is 4. The molecule has 1 aliphatic rings. The number of amides is 1. The van der Waals surface area contributed by atoms with Crippen LogP contribution in [0.5, 0.6) is 0 Å². The number of likely N-dealkylation sites (tertiary alicyclic amines) is 1. The first-order valence-corrected chi connectivity index (χ1v) is 7.90. The summed E-state index contributed by atoms with van der Waals surface area (Å²) >= 11 is 5.82. The quantitative estimate of drug-likeness (QED) is 0.496. The molecule has 1 amide bonds. The first-order valence-electron chi connectivity index (χ1n) is 7.52. The zero-order chi connectivity index (χ0) is 15.9. The van der Waals surface area contributed by atoms with Gasteiger partial charge in [0.2, 0.25) is 0 Å². The van der Waals surface area contributed by atoms with E-state index in [1.807, 2.05) is 0 Å². The highest BCUT2D eigenvalue weighted by atomic mass is 35.5. The van der Waals surface area contributed by atoms with Crippen molar-refractivity contribution in [3.05, 3.63) is 38.9 Å². The molecular formula is C15H20ClN3O3. The van der Waals surface area contributed by atoms with E-state index in [0.717, 1.165) is 26.1 Å². The number of benzene rings is 1. The van der Waals surface area contributed by atoms with E-state index in [1.54, 1.807) is 0 Å². The molecule has 6 nitrogen and oxygen atoms in total. The van der Waals surface area contributed by atoms with Gasteiger partial charge in [0.25, 0.3) is 11.6 Å². The van der Waals surface area contributed by atoms with Crippen LogP contribution in [0.1, 0.15) is 36.0 Å². The van der Waals surface area contributed by atoms with Crippen molar-refractivity contribution in [3.63, 3.8) is 0 Å². The van der Waals surface area contributed by atoms with E-state index in [2.05, 4.69) is 10.2 Å². The predicted octanol–water partition coefficient (Wildman–Crippen LogP) is 2.85. The molecule has 1 aliphatic heterocycles. The van der Waals surface area contributed by atoms with Gasteiger partial charge in [-0.3, -0.25) is 14.9 Å². The number of nitro groups is 1. The number of carbonyl (C=O) groups is 1. The van der Waals surface area contributed by atoms with Crippen LogP contribution in [-0.4, -0.2) is 41.9 Å². The molecule has 0 spiro atoms. The molecule has 0 saturated carbocycles. The first-order chi connectivity index (χ1) is 10.6. The average molecular weight is 326 g/mol. The van der Waals surface area contributed by atoms with Gasteiger partial charge in [0.05, 0.1) is 4.92 Å². The van der Waals surface area contributed by atoms with Crippen molar-refractivity contribution in [1.82, 2.24) is 10.2 Å². The Balaban J connectivity index is 1.84. The minimum atomic E-state index is -0.570. The van der Waals surface area contributed by atoms with E-state index in [-0.39, 0.29) is 11.3 Å². The molecule has 0 aliphatic carbocycles. The fourth-order valence-corrected chi connectivity index (χ4v) is 2.80. The van der Waals surface area contributed by atoms with Crippen LogP contribution in [0.25, 0.3) is 0 Å². The Bertz CT molecular complexity index is 545. The lowest BCUT2D eigenvalue weighted by Crippen LogP contribution is -2.33. The van der Waals surface area contributed by atoms with E-state index < -0.39 is 10.8 Å². The summed E-state index contributed by atoms with van der Waals surface area (Å²) in [7, 11) is 0. The number of halogens is 1. The summed E-state index contributed by atoms with van der Waals surface area (Å²) in [6.07, 6.45) is 4.61. The molecule has 1 heterocycles. The highest BCUT2D eigenvalue weighted by Gasteiger charge is 2.20. The predicted molar refractivity (Wildman–Crippen MR) is 85.3 cm³/mol. The standard InChI is InChI=1S/C15H20ClN3O3/c16-12-5-6-14(19(21)22)13(11-12)15(20)17-7-4-10-18-8-2-1-3-9-18/h5-6,11H,1-4,7-10H2,(H,17,20). The van der Waals surface area contributed by atoms with Crippen molar-refractivity contribution in [3.8, 4) is 0 Å². The number of piperidine rings is 1. The number of nitrogens with one attached hydrogen (secondary N) is 1. The van der Waals surface area contributed by atoms with Crippen molar-refractivity contribution >= 4 is 23.2 Å². The number of nitrogens with zero attached hydrogens (tertiary/aromatic N) is 2. The van der Waals surface area contributed by atoms with Crippen LogP contribution in [0, 0.1) is 10.1 Å². The molecule has 1 aromatic rings. The molecule has 0 unspecified atom stereocenters. The molecule has 22 heavy (non-hydrogen) atoms. The second-order valence-corrected chi connectivity index (χ2v) is 5.87.